The van der Waals surface area contributed by atoms with E-state index in [1.165, 1.54) is 88.4 Å². The average Bonchev–Trinajstić information content (AvgIpc) is 3.09. The molecule has 0 aliphatic rings. The Balaban J connectivity index is 1.80. The van der Waals surface area contributed by atoms with E-state index in [1.807, 2.05) is 0 Å². The van der Waals surface area contributed by atoms with E-state index in [4.69, 9.17) is 28.4 Å². The SMILES string of the molecule is COC(=O)c1cc(OCCCCS/C(C#N)=C(/C#N)SCCCCOc2cc(C(=O)OC)cc(C(=O)OC)c2)cc(C(=O)OC)c1. The van der Waals surface area contributed by atoms with E-state index in [0.29, 0.717) is 71.7 Å². The third kappa shape index (κ3) is 12.0. The largest absolute Gasteiger partial charge is 0.494 e. The molecule has 0 heterocycles. The Bertz CT molecular complexity index is 1330. The van der Waals surface area contributed by atoms with Crippen molar-refractivity contribution < 1.29 is 47.6 Å². The molecule has 0 fully saturated rings. The first-order valence-corrected chi connectivity index (χ1v) is 15.9. The van der Waals surface area contributed by atoms with Gasteiger partial charge in [-0.25, -0.2) is 19.2 Å². The second-order valence-electron chi connectivity index (χ2n) is 9.15. The van der Waals surface area contributed by atoms with Gasteiger partial charge >= 0.3 is 23.9 Å². The highest BCUT2D eigenvalue weighted by atomic mass is 32.2. The second kappa shape index (κ2) is 20.4. The van der Waals surface area contributed by atoms with Crippen LogP contribution >= 0.6 is 23.5 Å². The molecule has 46 heavy (non-hydrogen) atoms. The Hall–Kier alpha value is -4.66. The number of nitrogens with zero attached hydrogens (tertiary/aromatic N) is 2. The number of benzene rings is 2. The molecule has 2 aromatic rings. The number of hydrogen-bond acceptors (Lipinski definition) is 14. The number of unbranched alkanes of at least 4 members (excludes halogenated alkanes) is 2. The van der Waals surface area contributed by atoms with Gasteiger partial charge in [0, 0.05) is 0 Å². The summed E-state index contributed by atoms with van der Waals surface area (Å²) in [6.07, 6.45) is 2.62. The smallest absolute Gasteiger partial charge is 0.338 e. The van der Waals surface area contributed by atoms with Gasteiger partial charge in [0.15, 0.2) is 0 Å². The van der Waals surface area contributed by atoms with Crippen molar-refractivity contribution in [1.82, 2.24) is 0 Å². The van der Waals surface area contributed by atoms with Gasteiger partial charge in [-0.3, -0.25) is 0 Å². The van der Waals surface area contributed by atoms with Crippen LogP contribution in [0.1, 0.15) is 67.1 Å². The zero-order valence-corrected chi connectivity index (χ0v) is 27.5. The summed E-state index contributed by atoms with van der Waals surface area (Å²) in [5, 5.41) is 19.2. The molecule has 0 bridgehead atoms. The first kappa shape index (κ1) is 37.5. The van der Waals surface area contributed by atoms with Gasteiger partial charge < -0.3 is 28.4 Å². The molecule has 0 saturated carbocycles. The molecule has 0 amide bonds. The first-order chi connectivity index (χ1) is 22.2. The fraction of sp³-hybridized carbons (Fsp3) is 0.375. The number of allylic oxidation sites excluding steroid dienone is 2. The third-order valence-corrected chi connectivity index (χ3v) is 8.30. The van der Waals surface area contributed by atoms with Crippen LogP contribution in [0.3, 0.4) is 0 Å². The van der Waals surface area contributed by atoms with Gasteiger partial charge in [-0.1, -0.05) is 0 Å². The topological polar surface area (TPSA) is 171 Å². The summed E-state index contributed by atoms with van der Waals surface area (Å²) in [5.74, 6) is -0.632. The average molecular weight is 671 g/mol. The quantitative estimate of drug-likeness (QED) is 0.0833. The molecule has 0 unspecified atom stereocenters. The lowest BCUT2D eigenvalue weighted by molar-refractivity contribution is 0.0580. The number of esters is 4. The van der Waals surface area contributed by atoms with Crippen LogP contribution in [0, 0.1) is 22.7 Å². The van der Waals surface area contributed by atoms with Crippen LogP contribution in [0.4, 0.5) is 0 Å². The molecule has 2 rings (SSSR count). The summed E-state index contributed by atoms with van der Waals surface area (Å²) in [6, 6.07) is 12.9. The first-order valence-electron chi connectivity index (χ1n) is 13.9. The predicted molar refractivity (Wildman–Crippen MR) is 171 cm³/mol. The van der Waals surface area contributed by atoms with Crippen molar-refractivity contribution in [2.75, 3.05) is 53.2 Å². The summed E-state index contributed by atoms with van der Waals surface area (Å²) >= 11 is 2.59. The minimum Gasteiger partial charge on any atom is -0.494 e. The highest BCUT2D eigenvalue weighted by Crippen LogP contribution is 2.29. The van der Waals surface area contributed by atoms with Gasteiger partial charge in [0.05, 0.1) is 63.9 Å². The summed E-state index contributed by atoms with van der Waals surface area (Å²) < 4.78 is 30.4. The molecule has 0 aromatic heterocycles. The minimum atomic E-state index is -0.611. The number of carbonyl (C=O) groups is 4. The van der Waals surface area contributed by atoms with Crippen molar-refractivity contribution >= 4 is 47.4 Å². The minimum absolute atomic E-state index is 0.161. The molecule has 244 valence electrons. The zero-order chi connectivity index (χ0) is 33.9. The van der Waals surface area contributed by atoms with Gasteiger partial charge in [0.25, 0.3) is 0 Å². The summed E-state index contributed by atoms with van der Waals surface area (Å²) in [5.41, 5.74) is 0.642. The molecule has 0 atom stereocenters. The van der Waals surface area contributed by atoms with Crippen LogP contribution in [0.5, 0.6) is 11.5 Å². The number of rotatable bonds is 18. The fourth-order valence-corrected chi connectivity index (χ4v) is 5.68. The lowest BCUT2D eigenvalue weighted by atomic mass is 10.1. The van der Waals surface area contributed by atoms with Crippen LogP contribution < -0.4 is 9.47 Å². The Morgan fingerprint density at radius 1 is 0.543 bits per heavy atom. The molecule has 0 aliphatic carbocycles. The standard InChI is InChI=1S/C32H34N2O10S2/c1-39-29(35)21-13-22(30(36)40-2)16-25(15-21)43-9-5-7-11-45-27(19-33)28(20-34)46-12-8-6-10-44-26-17-23(31(37)41-3)14-24(18-26)32(38)42-4/h13-18H,5-12H2,1-4H3/b28-27-. The third-order valence-electron chi connectivity index (χ3n) is 6.01. The molecule has 0 radical (unpaired) electrons. The monoisotopic (exact) mass is 670 g/mol. The highest BCUT2D eigenvalue weighted by Gasteiger charge is 2.16. The summed E-state index contributed by atoms with van der Waals surface area (Å²) in [4.78, 5) is 48.4. The number of nitriles is 2. The molecular weight excluding hydrogens is 636 g/mol. The van der Waals surface area contributed by atoms with E-state index in [1.54, 1.807) is 0 Å². The number of hydrogen-bond donors (Lipinski definition) is 0. The van der Waals surface area contributed by atoms with E-state index in [0.717, 1.165) is 0 Å². The maximum absolute atomic E-state index is 11.9. The molecule has 12 nitrogen and oxygen atoms in total. The molecular formula is C32H34N2O10S2. The van der Waals surface area contributed by atoms with Crippen LogP contribution in [0.25, 0.3) is 0 Å². The van der Waals surface area contributed by atoms with E-state index in [2.05, 4.69) is 12.1 Å². The molecule has 0 aliphatic heterocycles. The maximum Gasteiger partial charge on any atom is 0.338 e. The number of methoxy groups -OCH3 is 4. The lowest BCUT2D eigenvalue weighted by Gasteiger charge is -2.10. The number of thioether (sulfide) groups is 2. The van der Waals surface area contributed by atoms with Gasteiger partial charge in [0.1, 0.15) is 33.4 Å². The second-order valence-corrected chi connectivity index (χ2v) is 11.4. The summed E-state index contributed by atoms with van der Waals surface area (Å²) in [7, 11) is 4.96. The van der Waals surface area contributed by atoms with Crippen molar-refractivity contribution in [2.45, 2.75) is 25.7 Å². The van der Waals surface area contributed by atoms with Crippen LogP contribution in [0.2, 0.25) is 0 Å². The Morgan fingerprint density at radius 2 is 0.848 bits per heavy atom. The highest BCUT2D eigenvalue weighted by molar-refractivity contribution is 8.07. The molecule has 14 heteroatoms. The van der Waals surface area contributed by atoms with Gasteiger partial charge in [-0.2, -0.15) is 10.5 Å². The van der Waals surface area contributed by atoms with Crippen molar-refractivity contribution in [1.29, 1.82) is 10.5 Å². The van der Waals surface area contributed by atoms with Crippen molar-refractivity contribution in [3.05, 3.63) is 68.5 Å². The molecule has 0 spiro atoms. The van der Waals surface area contributed by atoms with Crippen molar-refractivity contribution in [2.24, 2.45) is 0 Å². The van der Waals surface area contributed by atoms with E-state index >= 15 is 0 Å². The Morgan fingerprint density at radius 3 is 1.11 bits per heavy atom. The number of ether oxygens (including phenoxy) is 6. The lowest BCUT2D eigenvalue weighted by Crippen LogP contribution is -2.08. The zero-order valence-electron chi connectivity index (χ0n) is 25.9. The molecule has 0 saturated heterocycles. The Labute approximate surface area is 275 Å². The van der Waals surface area contributed by atoms with Crippen molar-refractivity contribution in [3.63, 3.8) is 0 Å². The van der Waals surface area contributed by atoms with E-state index < -0.39 is 23.9 Å². The van der Waals surface area contributed by atoms with E-state index in [9.17, 15) is 29.7 Å². The molecule has 0 N–H and O–H groups in total. The number of carbonyl (C=O) groups excluding carboxylic acids is 4. The van der Waals surface area contributed by atoms with Crippen LogP contribution in [-0.2, 0) is 18.9 Å². The van der Waals surface area contributed by atoms with Crippen molar-refractivity contribution in [3.8, 4) is 23.6 Å². The van der Waals surface area contributed by atoms with Gasteiger partial charge in [-0.15, -0.1) is 23.5 Å². The van der Waals surface area contributed by atoms with Gasteiger partial charge in [-0.05, 0) is 73.6 Å². The summed E-state index contributed by atoms with van der Waals surface area (Å²) in [6.45, 7) is 0.604. The van der Waals surface area contributed by atoms with E-state index in [-0.39, 0.29) is 22.3 Å². The van der Waals surface area contributed by atoms with Crippen LogP contribution in [-0.4, -0.2) is 77.0 Å². The Kier molecular flexibility index (Phi) is 16.6. The predicted octanol–water partition coefficient (Wildman–Crippen LogP) is 5.58. The maximum atomic E-state index is 11.9. The van der Waals surface area contributed by atoms with Gasteiger partial charge in [0.2, 0.25) is 0 Å². The normalized spacial score (nSPS) is 10.8. The molecule has 2 aromatic carbocycles. The van der Waals surface area contributed by atoms with Crippen LogP contribution in [0.15, 0.2) is 46.2 Å². The fourth-order valence-electron chi connectivity index (χ4n) is 3.74.